The van der Waals surface area contributed by atoms with Crippen molar-refractivity contribution in [1.82, 2.24) is 4.31 Å². The third-order valence-electron chi connectivity index (χ3n) is 4.15. The molecule has 1 atom stereocenters. The molecule has 0 spiro atoms. The first-order chi connectivity index (χ1) is 11.6. The molecule has 25 heavy (non-hydrogen) atoms. The van der Waals surface area contributed by atoms with E-state index in [1.54, 1.807) is 30.3 Å². The standard InChI is InChI=1S/C18H20ClNO4S/c1-12-4-8-16(9-5-12)25(23,24)20(3)17(18(21)22)11-14-10-15(19)7-6-13(14)2/h4-10,17H,11H2,1-3H3,(H,21,22)/t17-/m0/s1. The fourth-order valence-electron chi connectivity index (χ4n) is 2.48. The summed E-state index contributed by atoms with van der Waals surface area (Å²) in [7, 11) is -2.64. The van der Waals surface area contributed by atoms with Gasteiger partial charge in [0.1, 0.15) is 6.04 Å². The van der Waals surface area contributed by atoms with Crippen molar-refractivity contribution in [2.75, 3.05) is 7.05 Å². The van der Waals surface area contributed by atoms with E-state index in [4.69, 9.17) is 11.6 Å². The van der Waals surface area contributed by atoms with Gasteiger partial charge in [-0.3, -0.25) is 4.79 Å². The van der Waals surface area contributed by atoms with Gasteiger partial charge in [-0.1, -0.05) is 35.4 Å². The number of rotatable bonds is 6. The summed E-state index contributed by atoms with van der Waals surface area (Å²) >= 11 is 5.98. The van der Waals surface area contributed by atoms with Crippen molar-refractivity contribution in [3.63, 3.8) is 0 Å². The second kappa shape index (κ2) is 7.56. The number of likely N-dealkylation sites (N-methyl/N-ethyl adjacent to an activating group) is 1. The Labute approximate surface area is 152 Å². The maximum Gasteiger partial charge on any atom is 0.322 e. The van der Waals surface area contributed by atoms with E-state index in [0.29, 0.717) is 10.6 Å². The highest BCUT2D eigenvalue weighted by Gasteiger charge is 2.33. The quantitative estimate of drug-likeness (QED) is 0.833. The van der Waals surface area contributed by atoms with Gasteiger partial charge >= 0.3 is 5.97 Å². The number of carboxylic acids is 1. The molecular weight excluding hydrogens is 362 g/mol. The first-order valence-electron chi connectivity index (χ1n) is 7.65. The predicted molar refractivity (Wildman–Crippen MR) is 97.4 cm³/mol. The second-order valence-electron chi connectivity index (χ2n) is 5.96. The molecule has 0 bridgehead atoms. The van der Waals surface area contributed by atoms with Gasteiger partial charge in [0.25, 0.3) is 0 Å². The Kier molecular flexibility index (Phi) is 5.87. The maximum absolute atomic E-state index is 12.8. The zero-order valence-electron chi connectivity index (χ0n) is 14.2. The highest BCUT2D eigenvalue weighted by Crippen LogP contribution is 2.22. The van der Waals surface area contributed by atoms with Crippen LogP contribution in [-0.4, -0.2) is 36.9 Å². The van der Waals surface area contributed by atoms with Crippen LogP contribution < -0.4 is 0 Å². The average Bonchev–Trinajstić information content (AvgIpc) is 2.55. The molecule has 0 heterocycles. The van der Waals surface area contributed by atoms with E-state index in [9.17, 15) is 18.3 Å². The maximum atomic E-state index is 12.8. The largest absolute Gasteiger partial charge is 0.480 e. The van der Waals surface area contributed by atoms with Gasteiger partial charge in [0.15, 0.2) is 0 Å². The van der Waals surface area contributed by atoms with Gasteiger partial charge in [-0.05, 0) is 49.2 Å². The van der Waals surface area contributed by atoms with Crippen LogP contribution in [-0.2, 0) is 21.2 Å². The molecule has 2 aromatic carbocycles. The molecule has 7 heteroatoms. The number of aryl methyl sites for hydroxylation is 2. The van der Waals surface area contributed by atoms with Crippen molar-refractivity contribution >= 4 is 27.6 Å². The highest BCUT2D eigenvalue weighted by atomic mass is 35.5. The first-order valence-corrected chi connectivity index (χ1v) is 9.47. The number of hydrogen-bond acceptors (Lipinski definition) is 3. The number of aliphatic carboxylic acids is 1. The molecule has 0 radical (unpaired) electrons. The average molecular weight is 382 g/mol. The first kappa shape index (κ1) is 19.4. The van der Waals surface area contributed by atoms with Crippen LogP contribution in [0.3, 0.4) is 0 Å². The van der Waals surface area contributed by atoms with E-state index < -0.39 is 22.0 Å². The summed E-state index contributed by atoms with van der Waals surface area (Å²) in [5.41, 5.74) is 2.48. The van der Waals surface area contributed by atoms with Crippen molar-refractivity contribution in [3.8, 4) is 0 Å². The summed E-state index contributed by atoms with van der Waals surface area (Å²) in [6.45, 7) is 3.68. The summed E-state index contributed by atoms with van der Waals surface area (Å²) in [6, 6.07) is 10.2. The number of hydrogen-bond donors (Lipinski definition) is 1. The van der Waals surface area contributed by atoms with E-state index in [-0.39, 0.29) is 11.3 Å². The van der Waals surface area contributed by atoms with Gasteiger partial charge in [0, 0.05) is 18.5 Å². The number of sulfonamides is 1. The van der Waals surface area contributed by atoms with Crippen LogP contribution >= 0.6 is 11.6 Å². The predicted octanol–water partition coefficient (Wildman–Crippen LogP) is 3.27. The highest BCUT2D eigenvalue weighted by molar-refractivity contribution is 7.89. The Morgan fingerprint density at radius 2 is 1.76 bits per heavy atom. The lowest BCUT2D eigenvalue weighted by Crippen LogP contribution is -2.43. The molecule has 1 N–H and O–H groups in total. The lowest BCUT2D eigenvalue weighted by Gasteiger charge is -2.25. The molecule has 0 aromatic heterocycles. The van der Waals surface area contributed by atoms with Gasteiger partial charge in [-0.25, -0.2) is 8.42 Å². The minimum absolute atomic E-state index is 0.0311. The van der Waals surface area contributed by atoms with Crippen LogP contribution in [0.15, 0.2) is 47.4 Å². The van der Waals surface area contributed by atoms with Crippen LogP contribution in [0.25, 0.3) is 0 Å². The Bertz CT molecular complexity index is 878. The lowest BCUT2D eigenvalue weighted by atomic mass is 10.0. The molecular formula is C18H20ClNO4S. The van der Waals surface area contributed by atoms with Gasteiger partial charge < -0.3 is 5.11 Å². The molecule has 0 aliphatic heterocycles. The van der Waals surface area contributed by atoms with Crippen molar-refractivity contribution in [1.29, 1.82) is 0 Å². The molecule has 134 valence electrons. The second-order valence-corrected chi connectivity index (χ2v) is 8.40. The lowest BCUT2D eigenvalue weighted by molar-refractivity contribution is -0.141. The summed E-state index contributed by atoms with van der Waals surface area (Å²) in [6.07, 6.45) is 0.0311. The van der Waals surface area contributed by atoms with Gasteiger partial charge in [-0.2, -0.15) is 4.31 Å². The molecule has 5 nitrogen and oxygen atoms in total. The fourth-order valence-corrected chi connectivity index (χ4v) is 3.99. The van der Waals surface area contributed by atoms with E-state index in [1.165, 1.54) is 19.2 Å². The molecule has 0 aliphatic rings. The molecule has 0 unspecified atom stereocenters. The number of nitrogens with zero attached hydrogens (tertiary/aromatic N) is 1. The number of benzene rings is 2. The molecule has 2 aromatic rings. The third-order valence-corrected chi connectivity index (χ3v) is 6.26. The topological polar surface area (TPSA) is 74.7 Å². The van der Waals surface area contributed by atoms with E-state index in [0.717, 1.165) is 15.4 Å². The molecule has 0 saturated carbocycles. The summed E-state index contributed by atoms with van der Waals surface area (Å²) < 4.78 is 26.4. The Morgan fingerprint density at radius 1 is 1.16 bits per heavy atom. The Hall–Kier alpha value is -1.89. The van der Waals surface area contributed by atoms with Crippen LogP contribution in [0.2, 0.25) is 5.02 Å². The van der Waals surface area contributed by atoms with E-state index in [2.05, 4.69) is 0 Å². The Balaban J connectivity index is 2.37. The van der Waals surface area contributed by atoms with E-state index >= 15 is 0 Å². The zero-order valence-corrected chi connectivity index (χ0v) is 15.8. The third kappa shape index (κ3) is 4.39. The van der Waals surface area contributed by atoms with Crippen molar-refractivity contribution in [3.05, 3.63) is 64.2 Å². The minimum Gasteiger partial charge on any atom is -0.480 e. The zero-order chi connectivity index (χ0) is 18.8. The number of halogens is 1. The van der Waals surface area contributed by atoms with E-state index in [1.807, 2.05) is 13.8 Å². The van der Waals surface area contributed by atoms with Crippen molar-refractivity contribution in [2.45, 2.75) is 31.2 Å². The molecule has 0 saturated heterocycles. The molecule has 0 fully saturated rings. The molecule has 2 rings (SSSR count). The van der Waals surface area contributed by atoms with Crippen molar-refractivity contribution < 1.29 is 18.3 Å². The SMILES string of the molecule is Cc1ccc(S(=O)(=O)N(C)[C@@H](Cc2cc(Cl)ccc2C)C(=O)O)cc1. The van der Waals surface area contributed by atoms with Gasteiger partial charge in [0.2, 0.25) is 10.0 Å². The normalized spacial score (nSPS) is 13.0. The van der Waals surface area contributed by atoms with Crippen LogP contribution in [0, 0.1) is 13.8 Å². The van der Waals surface area contributed by atoms with Crippen LogP contribution in [0.1, 0.15) is 16.7 Å². The van der Waals surface area contributed by atoms with Crippen LogP contribution in [0.4, 0.5) is 0 Å². The van der Waals surface area contributed by atoms with Gasteiger partial charge in [-0.15, -0.1) is 0 Å². The monoisotopic (exact) mass is 381 g/mol. The smallest absolute Gasteiger partial charge is 0.322 e. The summed E-state index contributed by atoms with van der Waals surface area (Å²) in [4.78, 5) is 11.8. The summed E-state index contributed by atoms with van der Waals surface area (Å²) in [5.74, 6) is -1.21. The number of carboxylic acid groups (broad SMARTS) is 1. The number of carbonyl (C=O) groups is 1. The summed E-state index contributed by atoms with van der Waals surface area (Å²) in [5, 5.41) is 10.1. The van der Waals surface area contributed by atoms with Crippen LogP contribution in [0.5, 0.6) is 0 Å². The molecule has 0 amide bonds. The Morgan fingerprint density at radius 3 is 2.32 bits per heavy atom. The fraction of sp³-hybridized carbons (Fsp3) is 0.278. The van der Waals surface area contributed by atoms with Crippen molar-refractivity contribution in [2.24, 2.45) is 0 Å². The minimum atomic E-state index is -3.92. The molecule has 0 aliphatic carbocycles. The van der Waals surface area contributed by atoms with Gasteiger partial charge in [0.05, 0.1) is 4.90 Å².